The topological polar surface area (TPSA) is 50.7 Å². The van der Waals surface area contributed by atoms with Gasteiger partial charge < -0.3 is 5.32 Å². The van der Waals surface area contributed by atoms with Crippen LogP contribution in [0, 0.1) is 0 Å². The maximum Gasteiger partial charge on any atom is 0.115 e. The Hall–Kier alpha value is -2.33. The molecule has 0 radical (unpaired) electrons. The van der Waals surface area contributed by atoms with Crippen LogP contribution in [-0.2, 0) is 0 Å². The number of rotatable bonds is 5. The molecule has 1 atom stereocenters. The van der Waals surface area contributed by atoms with Crippen LogP contribution in [0.4, 0.5) is 0 Å². The van der Waals surface area contributed by atoms with Gasteiger partial charge in [-0.1, -0.05) is 31.2 Å². The van der Waals surface area contributed by atoms with Gasteiger partial charge in [0.1, 0.15) is 6.33 Å². The summed E-state index contributed by atoms with van der Waals surface area (Å²) in [5.41, 5.74) is 3.14. The van der Waals surface area contributed by atoms with Crippen molar-refractivity contribution in [2.75, 3.05) is 6.54 Å². The fraction of sp³-hybridized carbons (Fsp3) is 0.235. The Morgan fingerprint density at radius 2 is 1.95 bits per heavy atom. The Labute approximate surface area is 124 Å². The third kappa shape index (κ3) is 2.90. The van der Waals surface area contributed by atoms with Gasteiger partial charge >= 0.3 is 0 Å². The van der Waals surface area contributed by atoms with Gasteiger partial charge in [-0.05, 0) is 25.1 Å². The number of nitrogens with zero attached hydrogens (tertiary/aromatic N) is 3. The van der Waals surface area contributed by atoms with Crippen LogP contribution in [0.5, 0.6) is 0 Å². The molecule has 4 heteroatoms. The highest BCUT2D eigenvalue weighted by Gasteiger charge is 2.17. The van der Waals surface area contributed by atoms with Gasteiger partial charge in [0.25, 0.3) is 0 Å². The van der Waals surface area contributed by atoms with E-state index in [9.17, 15) is 0 Å². The van der Waals surface area contributed by atoms with E-state index >= 15 is 0 Å². The number of nitrogens with one attached hydrogen (secondary N) is 1. The minimum Gasteiger partial charge on any atom is -0.305 e. The van der Waals surface area contributed by atoms with Crippen molar-refractivity contribution in [2.24, 2.45) is 0 Å². The lowest BCUT2D eigenvalue weighted by molar-refractivity contribution is 0.587. The van der Waals surface area contributed by atoms with E-state index in [1.165, 1.54) is 0 Å². The zero-order chi connectivity index (χ0) is 14.5. The van der Waals surface area contributed by atoms with Crippen LogP contribution < -0.4 is 5.32 Å². The molecule has 0 aliphatic rings. The molecule has 4 nitrogen and oxygen atoms in total. The summed E-state index contributed by atoms with van der Waals surface area (Å²) in [4.78, 5) is 13.0. The van der Waals surface area contributed by atoms with E-state index in [1.54, 1.807) is 12.5 Å². The molecule has 3 aromatic rings. The van der Waals surface area contributed by atoms with Gasteiger partial charge in [-0.3, -0.25) is 4.98 Å². The summed E-state index contributed by atoms with van der Waals surface area (Å²) in [5, 5.41) is 4.71. The molecule has 0 aliphatic carbocycles. The van der Waals surface area contributed by atoms with Gasteiger partial charge in [-0.25, -0.2) is 9.97 Å². The lowest BCUT2D eigenvalue weighted by atomic mass is 10.00. The largest absolute Gasteiger partial charge is 0.305 e. The average Bonchev–Trinajstić information content (AvgIpc) is 2.56. The molecule has 0 aliphatic heterocycles. The Bertz CT molecular complexity index is 707. The Morgan fingerprint density at radius 1 is 1.05 bits per heavy atom. The fourth-order valence-corrected chi connectivity index (χ4v) is 2.49. The minimum atomic E-state index is 0.0338. The summed E-state index contributed by atoms with van der Waals surface area (Å²) in [6, 6.07) is 12.3. The summed E-state index contributed by atoms with van der Waals surface area (Å²) in [6.45, 7) is 3.09. The molecule has 1 unspecified atom stereocenters. The lowest BCUT2D eigenvalue weighted by Gasteiger charge is -2.19. The van der Waals surface area contributed by atoms with Gasteiger partial charge in [-0.15, -0.1) is 0 Å². The molecule has 2 heterocycles. The molecule has 3 rings (SSSR count). The van der Waals surface area contributed by atoms with Crippen LogP contribution in [0.1, 0.15) is 30.6 Å². The number of para-hydroxylation sites is 1. The number of hydrogen-bond donors (Lipinski definition) is 1. The quantitative estimate of drug-likeness (QED) is 0.779. The molecular weight excluding hydrogens is 260 g/mol. The van der Waals surface area contributed by atoms with Gasteiger partial charge in [-0.2, -0.15) is 0 Å². The second kappa shape index (κ2) is 6.41. The maximum atomic E-state index is 4.55. The van der Waals surface area contributed by atoms with E-state index in [1.807, 2.05) is 18.3 Å². The van der Waals surface area contributed by atoms with Crippen molar-refractivity contribution in [3.63, 3.8) is 0 Å². The van der Waals surface area contributed by atoms with Crippen molar-refractivity contribution in [1.82, 2.24) is 20.3 Å². The first-order valence-electron chi connectivity index (χ1n) is 7.23. The SMILES string of the molecule is CCCNC(c1ccncn1)c1cccc2cccnc12. The first-order valence-corrected chi connectivity index (χ1v) is 7.23. The van der Waals surface area contributed by atoms with E-state index in [-0.39, 0.29) is 6.04 Å². The van der Waals surface area contributed by atoms with Gasteiger partial charge in [0.05, 0.1) is 17.3 Å². The molecule has 0 saturated heterocycles. The predicted molar refractivity (Wildman–Crippen MR) is 83.9 cm³/mol. The van der Waals surface area contributed by atoms with Crippen LogP contribution in [0.25, 0.3) is 10.9 Å². The number of fused-ring (bicyclic) bond motifs is 1. The first kappa shape index (κ1) is 13.6. The molecule has 1 aromatic carbocycles. The molecule has 0 spiro atoms. The zero-order valence-corrected chi connectivity index (χ0v) is 12.0. The van der Waals surface area contributed by atoms with Crippen LogP contribution in [-0.4, -0.2) is 21.5 Å². The fourth-order valence-electron chi connectivity index (χ4n) is 2.49. The van der Waals surface area contributed by atoms with Crippen molar-refractivity contribution in [1.29, 1.82) is 0 Å². The van der Waals surface area contributed by atoms with E-state index in [0.29, 0.717) is 0 Å². The van der Waals surface area contributed by atoms with Crippen LogP contribution in [0.2, 0.25) is 0 Å². The summed E-state index contributed by atoms with van der Waals surface area (Å²) in [6.07, 6.45) is 6.28. The minimum absolute atomic E-state index is 0.0338. The Kier molecular flexibility index (Phi) is 4.17. The number of aromatic nitrogens is 3. The zero-order valence-electron chi connectivity index (χ0n) is 12.0. The molecule has 1 N–H and O–H groups in total. The summed E-state index contributed by atoms with van der Waals surface area (Å²) < 4.78 is 0. The second-order valence-electron chi connectivity index (χ2n) is 4.94. The van der Waals surface area contributed by atoms with E-state index in [4.69, 9.17) is 0 Å². The molecular formula is C17H18N4. The van der Waals surface area contributed by atoms with Gasteiger partial charge in [0.15, 0.2) is 0 Å². The van der Waals surface area contributed by atoms with E-state index < -0.39 is 0 Å². The lowest BCUT2D eigenvalue weighted by Crippen LogP contribution is -2.24. The number of pyridine rings is 1. The Balaban J connectivity index is 2.10. The van der Waals surface area contributed by atoms with Gasteiger partial charge in [0.2, 0.25) is 0 Å². The summed E-state index contributed by atoms with van der Waals surface area (Å²) in [5.74, 6) is 0. The molecule has 2 aromatic heterocycles. The standard InChI is InChI=1S/C17H18N4/c1-2-9-19-17(15-8-11-18-12-21-15)14-7-3-5-13-6-4-10-20-16(13)14/h3-8,10-12,17,19H,2,9H2,1H3. The highest BCUT2D eigenvalue weighted by atomic mass is 15.0. The number of benzene rings is 1. The second-order valence-corrected chi connectivity index (χ2v) is 4.94. The third-order valence-electron chi connectivity index (χ3n) is 3.47. The van der Waals surface area contributed by atoms with Crippen LogP contribution >= 0.6 is 0 Å². The summed E-state index contributed by atoms with van der Waals surface area (Å²) >= 11 is 0. The normalized spacial score (nSPS) is 12.4. The van der Waals surface area contributed by atoms with E-state index in [0.717, 1.165) is 35.1 Å². The molecule has 0 fully saturated rings. The molecule has 106 valence electrons. The first-order chi connectivity index (χ1) is 10.4. The monoisotopic (exact) mass is 278 g/mol. The molecule has 21 heavy (non-hydrogen) atoms. The maximum absolute atomic E-state index is 4.55. The Morgan fingerprint density at radius 3 is 2.76 bits per heavy atom. The molecule has 0 saturated carbocycles. The van der Waals surface area contributed by atoms with Gasteiger partial charge in [0, 0.05) is 23.3 Å². The smallest absolute Gasteiger partial charge is 0.115 e. The van der Waals surface area contributed by atoms with Crippen LogP contribution in [0.3, 0.4) is 0 Å². The molecule has 0 amide bonds. The predicted octanol–water partition coefficient (Wildman–Crippen LogP) is 3.11. The van der Waals surface area contributed by atoms with Crippen molar-refractivity contribution < 1.29 is 0 Å². The summed E-state index contributed by atoms with van der Waals surface area (Å²) in [7, 11) is 0. The van der Waals surface area contributed by atoms with Crippen molar-refractivity contribution in [3.05, 3.63) is 66.4 Å². The highest BCUT2D eigenvalue weighted by molar-refractivity contribution is 5.82. The number of hydrogen-bond acceptors (Lipinski definition) is 4. The van der Waals surface area contributed by atoms with E-state index in [2.05, 4.69) is 51.5 Å². The third-order valence-corrected chi connectivity index (χ3v) is 3.47. The van der Waals surface area contributed by atoms with Crippen molar-refractivity contribution in [3.8, 4) is 0 Å². The van der Waals surface area contributed by atoms with Crippen molar-refractivity contribution >= 4 is 10.9 Å². The average molecular weight is 278 g/mol. The van der Waals surface area contributed by atoms with Crippen molar-refractivity contribution in [2.45, 2.75) is 19.4 Å². The van der Waals surface area contributed by atoms with Crippen LogP contribution in [0.15, 0.2) is 55.1 Å². The highest BCUT2D eigenvalue weighted by Crippen LogP contribution is 2.26. The molecule has 0 bridgehead atoms.